The van der Waals surface area contributed by atoms with E-state index in [0.717, 1.165) is 0 Å². The fraction of sp³-hybridized carbons (Fsp3) is 0.500. The molecule has 0 aromatic carbocycles. The molecule has 0 aromatic heterocycles. The Balaban J connectivity index is 2.33. The summed E-state index contributed by atoms with van der Waals surface area (Å²) < 4.78 is 10.5. The van der Waals surface area contributed by atoms with Crippen molar-refractivity contribution >= 4 is 0 Å². The molecule has 1 rings (SSSR count). The van der Waals surface area contributed by atoms with Crippen LogP contribution in [0.1, 0.15) is 6.92 Å². The summed E-state index contributed by atoms with van der Waals surface area (Å²) in [6, 6.07) is 0. The van der Waals surface area contributed by atoms with Gasteiger partial charge in [-0.3, -0.25) is 0 Å². The molecule has 0 fully saturated rings. The molecule has 1 heterocycles. The van der Waals surface area contributed by atoms with Crippen molar-refractivity contribution in [2.24, 2.45) is 0 Å². The van der Waals surface area contributed by atoms with Crippen molar-refractivity contribution in [1.29, 1.82) is 0 Å². The van der Waals surface area contributed by atoms with Gasteiger partial charge in [0, 0.05) is 0 Å². The summed E-state index contributed by atoms with van der Waals surface area (Å²) in [7, 11) is 0. The number of hydrogen-bond donors (Lipinski definition) is 0. The molecule has 0 N–H and O–H groups in total. The van der Waals surface area contributed by atoms with Gasteiger partial charge in [-0.05, 0) is 13.0 Å². The Morgan fingerprint density at radius 3 is 2.40 bits per heavy atom. The van der Waals surface area contributed by atoms with E-state index in [1.54, 1.807) is 0 Å². The molecule has 0 saturated carbocycles. The van der Waals surface area contributed by atoms with Gasteiger partial charge in [-0.25, -0.2) is 0 Å². The van der Waals surface area contributed by atoms with Crippen molar-refractivity contribution in [2.75, 3.05) is 13.2 Å². The molecule has 0 amide bonds. The van der Waals surface area contributed by atoms with E-state index in [-0.39, 0.29) is 6.29 Å². The standard InChI is InChI=1S/C8H12O2/c1-2-5-8-9-6-3-4-7-10-8/h2-5,8H,6-7H2,1H3/b5-2+. The number of ether oxygens (including phenoxy) is 2. The van der Waals surface area contributed by atoms with Crippen molar-refractivity contribution in [3.8, 4) is 0 Å². The molecule has 2 nitrogen and oxygen atoms in total. The third-order valence-electron chi connectivity index (χ3n) is 1.23. The van der Waals surface area contributed by atoms with Gasteiger partial charge in [-0.15, -0.1) is 0 Å². The van der Waals surface area contributed by atoms with Crippen molar-refractivity contribution in [3.05, 3.63) is 24.3 Å². The second-order valence-electron chi connectivity index (χ2n) is 2.03. The summed E-state index contributed by atoms with van der Waals surface area (Å²) in [5.74, 6) is 0. The van der Waals surface area contributed by atoms with Gasteiger partial charge in [0.15, 0.2) is 6.29 Å². The van der Waals surface area contributed by atoms with Gasteiger partial charge < -0.3 is 9.47 Å². The zero-order chi connectivity index (χ0) is 7.23. The molecule has 0 spiro atoms. The zero-order valence-corrected chi connectivity index (χ0v) is 6.12. The van der Waals surface area contributed by atoms with E-state index in [1.165, 1.54) is 0 Å². The quantitative estimate of drug-likeness (QED) is 0.514. The third-order valence-corrected chi connectivity index (χ3v) is 1.23. The summed E-state index contributed by atoms with van der Waals surface area (Å²) in [5, 5.41) is 0. The largest absolute Gasteiger partial charge is 0.345 e. The molecule has 0 radical (unpaired) electrons. The van der Waals surface area contributed by atoms with Crippen LogP contribution >= 0.6 is 0 Å². The molecule has 0 atom stereocenters. The first-order valence-corrected chi connectivity index (χ1v) is 3.44. The lowest BCUT2D eigenvalue weighted by atomic mass is 10.5. The predicted molar refractivity (Wildman–Crippen MR) is 39.6 cm³/mol. The van der Waals surface area contributed by atoms with Gasteiger partial charge in [0.05, 0.1) is 13.2 Å². The Labute approximate surface area is 61.1 Å². The summed E-state index contributed by atoms with van der Waals surface area (Å²) in [6.45, 7) is 3.25. The lowest BCUT2D eigenvalue weighted by molar-refractivity contribution is -0.0878. The predicted octanol–water partition coefficient (Wildman–Crippen LogP) is 1.49. The minimum atomic E-state index is -0.153. The van der Waals surface area contributed by atoms with Crippen molar-refractivity contribution in [1.82, 2.24) is 0 Å². The topological polar surface area (TPSA) is 18.5 Å². The highest BCUT2D eigenvalue weighted by Crippen LogP contribution is 2.01. The lowest BCUT2D eigenvalue weighted by Crippen LogP contribution is -2.12. The number of hydrogen-bond acceptors (Lipinski definition) is 2. The van der Waals surface area contributed by atoms with Crippen LogP contribution in [0.2, 0.25) is 0 Å². The Hall–Kier alpha value is -0.600. The lowest BCUT2D eigenvalue weighted by Gasteiger charge is -2.09. The summed E-state index contributed by atoms with van der Waals surface area (Å²) >= 11 is 0. The summed E-state index contributed by atoms with van der Waals surface area (Å²) in [5.41, 5.74) is 0. The van der Waals surface area contributed by atoms with E-state index in [1.807, 2.05) is 31.2 Å². The molecule has 56 valence electrons. The Bertz CT molecular complexity index is 128. The van der Waals surface area contributed by atoms with Crippen LogP contribution in [0.4, 0.5) is 0 Å². The highest BCUT2D eigenvalue weighted by molar-refractivity contribution is 4.88. The van der Waals surface area contributed by atoms with E-state index in [4.69, 9.17) is 9.47 Å². The van der Waals surface area contributed by atoms with Gasteiger partial charge in [-0.2, -0.15) is 0 Å². The Kier molecular flexibility index (Phi) is 3.19. The molecule has 0 aliphatic carbocycles. The highest BCUT2D eigenvalue weighted by Gasteiger charge is 2.03. The third kappa shape index (κ3) is 2.33. The first kappa shape index (κ1) is 7.51. The first-order chi connectivity index (χ1) is 4.93. The molecule has 10 heavy (non-hydrogen) atoms. The van der Waals surface area contributed by atoms with Crippen LogP contribution in [0.15, 0.2) is 24.3 Å². The molecule has 1 aliphatic heterocycles. The fourth-order valence-electron chi connectivity index (χ4n) is 0.753. The van der Waals surface area contributed by atoms with Crippen LogP contribution in [0, 0.1) is 0 Å². The minimum Gasteiger partial charge on any atom is -0.345 e. The number of rotatable bonds is 1. The maximum atomic E-state index is 5.25. The molecule has 0 saturated heterocycles. The van der Waals surface area contributed by atoms with Gasteiger partial charge in [0.2, 0.25) is 0 Å². The average Bonchev–Trinajstić information content (AvgIpc) is 2.17. The molecule has 1 aliphatic rings. The second kappa shape index (κ2) is 4.25. The fourth-order valence-corrected chi connectivity index (χ4v) is 0.753. The van der Waals surface area contributed by atoms with E-state index in [2.05, 4.69) is 0 Å². The highest BCUT2D eigenvalue weighted by atomic mass is 16.7. The molecular weight excluding hydrogens is 128 g/mol. The molecule has 0 bridgehead atoms. The van der Waals surface area contributed by atoms with Crippen LogP contribution < -0.4 is 0 Å². The summed E-state index contributed by atoms with van der Waals surface area (Å²) in [4.78, 5) is 0. The van der Waals surface area contributed by atoms with Crippen LogP contribution in [0.3, 0.4) is 0 Å². The van der Waals surface area contributed by atoms with Crippen LogP contribution in [0.5, 0.6) is 0 Å². The molecule has 2 heteroatoms. The smallest absolute Gasteiger partial charge is 0.177 e. The maximum absolute atomic E-state index is 5.25. The molecule has 0 unspecified atom stereocenters. The monoisotopic (exact) mass is 140 g/mol. The Morgan fingerprint density at radius 1 is 1.30 bits per heavy atom. The van der Waals surface area contributed by atoms with Crippen LogP contribution in [-0.2, 0) is 9.47 Å². The van der Waals surface area contributed by atoms with Gasteiger partial charge in [-0.1, -0.05) is 18.2 Å². The number of allylic oxidation sites excluding steroid dienone is 1. The van der Waals surface area contributed by atoms with E-state index >= 15 is 0 Å². The summed E-state index contributed by atoms with van der Waals surface area (Å²) in [6.07, 6.45) is 7.59. The van der Waals surface area contributed by atoms with Gasteiger partial charge >= 0.3 is 0 Å². The SMILES string of the molecule is C/C=C/C1OCC=CCO1. The van der Waals surface area contributed by atoms with Crippen molar-refractivity contribution < 1.29 is 9.47 Å². The maximum Gasteiger partial charge on any atom is 0.177 e. The average molecular weight is 140 g/mol. The van der Waals surface area contributed by atoms with Gasteiger partial charge in [0.25, 0.3) is 0 Å². The van der Waals surface area contributed by atoms with Crippen molar-refractivity contribution in [2.45, 2.75) is 13.2 Å². The van der Waals surface area contributed by atoms with Crippen LogP contribution in [0.25, 0.3) is 0 Å². The Morgan fingerprint density at radius 2 is 1.90 bits per heavy atom. The van der Waals surface area contributed by atoms with Gasteiger partial charge in [0.1, 0.15) is 0 Å². The molecule has 0 aromatic rings. The van der Waals surface area contributed by atoms with E-state index < -0.39 is 0 Å². The normalized spacial score (nSPS) is 21.7. The zero-order valence-electron chi connectivity index (χ0n) is 6.12. The second-order valence-corrected chi connectivity index (χ2v) is 2.03. The minimum absolute atomic E-state index is 0.153. The van der Waals surface area contributed by atoms with E-state index in [9.17, 15) is 0 Å². The molecular formula is C8H12O2. The van der Waals surface area contributed by atoms with E-state index in [0.29, 0.717) is 13.2 Å². The van der Waals surface area contributed by atoms with Crippen LogP contribution in [-0.4, -0.2) is 19.5 Å². The van der Waals surface area contributed by atoms with Crippen molar-refractivity contribution in [3.63, 3.8) is 0 Å². The first-order valence-electron chi connectivity index (χ1n) is 3.44.